The van der Waals surface area contributed by atoms with Gasteiger partial charge in [0.1, 0.15) is 0 Å². The number of carbonyl (C=O) groups is 2. The molecule has 1 aromatic heterocycles. The molecule has 2 amide bonds. The van der Waals surface area contributed by atoms with Gasteiger partial charge in [0.25, 0.3) is 5.91 Å². The highest BCUT2D eigenvalue weighted by molar-refractivity contribution is 7.90. The molecule has 1 saturated carbocycles. The van der Waals surface area contributed by atoms with Crippen molar-refractivity contribution in [3.63, 3.8) is 0 Å². The lowest BCUT2D eigenvalue weighted by Crippen LogP contribution is -2.37. The second-order valence-electron chi connectivity index (χ2n) is 11.6. The van der Waals surface area contributed by atoms with Crippen LogP contribution in [0.4, 0.5) is 0 Å². The Morgan fingerprint density at radius 1 is 0.974 bits per heavy atom. The van der Waals surface area contributed by atoms with Gasteiger partial charge in [-0.05, 0) is 50.5 Å². The van der Waals surface area contributed by atoms with Gasteiger partial charge in [-0.1, -0.05) is 43.2 Å². The van der Waals surface area contributed by atoms with Crippen molar-refractivity contribution < 1.29 is 18.0 Å². The predicted octanol–water partition coefficient (Wildman–Crippen LogP) is 2.94. The Labute approximate surface area is 231 Å². The summed E-state index contributed by atoms with van der Waals surface area (Å²) in [6.07, 6.45) is 6.19. The molecule has 3 fully saturated rings. The van der Waals surface area contributed by atoms with E-state index in [1.54, 1.807) is 13.8 Å². The fraction of sp³-hybridized carbons (Fsp3) is 0.586. The highest BCUT2D eigenvalue weighted by Crippen LogP contribution is 2.33. The smallest absolute Gasteiger partial charge is 0.257 e. The lowest BCUT2D eigenvalue weighted by atomic mass is 10.0. The van der Waals surface area contributed by atoms with Crippen molar-refractivity contribution in [2.75, 3.05) is 39.0 Å². The van der Waals surface area contributed by atoms with Gasteiger partial charge in [0, 0.05) is 44.9 Å². The number of benzene rings is 1. The van der Waals surface area contributed by atoms with Gasteiger partial charge in [0.2, 0.25) is 20.9 Å². The number of likely N-dealkylation sites (tertiary alicyclic amines) is 2. The van der Waals surface area contributed by atoms with Crippen LogP contribution in [0.15, 0.2) is 35.5 Å². The Balaban J connectivity index is 1.18. The van der Waals surface area contributed by atoms with Crippen LogP contribution in [0, 0.1) is 31.6 Å². The van der Waals surface area contributed by atoms with E-state index in [1.807, 2.05) is 23.1 Å². The number of nitrogens with one attached hydrogen (secondary N) is 1. The molecule has 3 atom stereocenters. The Hall–Kier alpha value is -2.85. The third kappa shape index (κ3) is 6.17. The van der Waals surface area contributed by atoms with E-state index in [1.165, 1.54) is 0 Å². The average Bonchev–Trinajstić information content (AvgIpc) is 3.63. The van der Waals surface area contributed by atoms with Crippen LogP contribution in [0.2, 0.25) is 0 Å². The summed E-state index contributed by atoms with van der Waals surface area (Å²) in [4.78, 5) is 38.9. The molecular formula is C29H39N5O4S. The van der Waals surface area contributed by atoms with Gasteiger partial charge in [-0.3, -0.25) is 9.59 Å². The van der Waals surface area contributed by atoms with Crippen molar-refractivity contribution in [2.45, 2.75) is 57.1 Å². The van der Waals surface area contributed by atoms with Crippen LogP contribution >= 0.6 is 0 Å². The number of aryl methyl sites for hydroxylation is 2. The minimum Gasteiger partial charge on any atom is -0.349 e. The van der Waals surface area contributed by atoms with Gasteiger partial charge in [-0.15, -0.1) is 0 Å². The first kappa shape index (κ1) is 27.7. The molecule has 10 heteroatoms. The molecule has 2 saturated heterocycles. The number of fused-ring (bicyclic) bond motifs is 1. The summed E-state index contributed by atoms with van der Waals surface area (Å²) in [5, 5.41) is 3.11. The zero-order valence-corrected chi connectivity index (χ0v) is 23.9. The third-order valence-electron chi connectivity index (χ3n) is 8.62. The van der Waals surface area contributed by atoms with E-state index < -0.39 is 9.84 Å². The predicted molar refractivity (Wildman–Crippen MR) is 148 cm³/mol. The van der Waals surface area contributed by atoms with Crippen LogP contribution in [0.25, 0.3) is 0 Å². The van der Waals surface area contributed by atoms with E-state index in [0.717, 1.165) is 63.6 Å². The molecule has 3 heterocycles. The van der Waals surface area contributed by atoms with E-state index in [0.29, 0.717) is 41.9 Å². The molecule has 1 aromatic carbocycles. The fourth-order valence-corrected chi connectivity index (χ4v) is 7.16. The van der Waals surface area contributed by atoms with Crippen molar-refractivity contribution in [2.24, 2.45) is 17.8 Å². The highest BCUT2D eigenvalue weighted by Gasteiger charge is 2.42. The van der Waals surface area contributed by atoms with Crippen LogP contribution in [0.3, 0.4) is 0 Å². The molecule has 5 rings (SSSR count). The number of amides is 2. The van der Waals surface area contributed by atoms with Gasteiger partial charge in [0.05, 0.1) is 23.0 Å². The highest BCUT2D eigenvalue weighted by atomic mass is 32.2. The summed E-state index contributed by atoms with van der Waals surface area (Å²) in [6.45, 7) is 7.43. The van der Waals surface area contributed by atoms with Gasteiger partial charge in [-0.25, -0.2) is 18.4 Å². The first-order chi connectivity index (χ1) is 18.6. The first-order valence-corrected chi connectivity index (χ1v) is 15.9. The van der Waals surface area contributed by atoms with Crippen LogP contribution in [-0.2, 0) is 14.6 Å². The van der Waals surface area contributed by atoms with Crippen molar-refractivity contribution >= 4 is 21.7 Å². The van der Waals surface area contributed by atoms with E-state index >= 15 is 0 Å². The zero-order chi connectivity index (χ0) is 27.7. The fourth-order valence-electron chi connectivity index (χ4n) is 6.55. The lowest BCUT2D eigenvalue weighted by Gasteiger charge is -2.26. The van der Waals surface area contributed by atoms with Crippen LogP contribution < -0.4 is 5.32 Å². The molecule has 2 aromatic rings. The SMILES string of the molecule is Cc1nc(S(C)(=O)=O)nc(C)c1C(=O)N1CC2CN(CCC(NC(=O)C3CCCC3)c3ccccc3)C[C@H]2C1. The Morgan fingerprint density at radius 3 is 2.13 bits per heavy atom. The average molecular weight is 554 g/mol. The van der Waals surface area contributed by atoms with E-state index in [2.05, 4.69) is 32.3 Å². The van der Waals surface area contributed by atoms with E-state index in [4.69, 9.17) is 0 Å². The third-order valence-corrected chi connectivity index (χ3v) is 9.47. The number of aromatic nitrogens is 2. The van der Waals surface area contributed by atoms with E-state index in [9.17, 15) is 18.0 Å². The maximum atomic E-state index is 13.4. The molecule has 3 aliphatic rings. The quantitative estimate of drug-likeness (QED) is 0.500. The summed E-state index contributed by atoms with van der Waals surface area (Å²) < 4.78 is 23.8. The Morgan fingerprint density at radius 2 is 1.56 bits per heavy atom. The molecule has 1 aliphatic carbocycles. The molecular weight excluding hydrogens is 514 g/mol. The molecule has 9 nitrogen and oxygen atoms in total. The maximum Gasteiger partial charge on any atom is 0.257 e. The number of rotatable bonds is 8. The summed E-state index contributed by atoms with van der Waals surface area (Å²) in [5.74, 6) is 1.01. The first-order valence-electron chi connectivity index (χ1n) is 14.0. The van der Waals surface area contributed by atoms with Crippen LogP contribution in [-0.4, -0.2) is 79.0 Å². The summed E-state index contributed by atoms with van der Waals surface area (Å²) >= 11 is 0. The van der Waals surface area contributed by atoms with Crippen molar-refractivity contribution in [3.8, 4) is 0 Å². The molecule has 210 valence electrons. The maximum absolute atomic E-state index is 13.4. The van der Waals surface area contributed by atoms with Crippen molar-refractivity contribution in [3.05, 3.63) is 52.8 Å². The Bertz CT molecular complexity index is 1290. The molecule has 2 unspecified atom stereocenters. The van der Waals surface area contributed by atoms with Crippen LogP contribution in [0.1, 0.15) is 65.5 Å². The van der Waals surface area contributed by atoms with Crippen LogP contribution in [0.5, 0.6) is 0 Å². The molecule has 2 aliphatic heterocycles. The summed E-state index contributed by atoms with van der Waals surface area (Å²) in [5.41, 5.74) is 2.36. The lowest BCUT2D eigenvalue weighted by molar-refractivity contribution is -0.125. The minimum atomic E-state index is -3.54. The largest absolute Gasteiger partial charge is 0.349 e. The molecule has 0 spiro atoms. The number of carbonyl (C=O) groups excluding carboxylic acids is 2. The van der Waals surface area contributed by atoms with Gasteiger partial charge in [-0.2, -0.15) is 0 Å². The summed E-state index contributed by atoms with van der Waals surface area (Å²) in [6, 6.07) is 10.2. The number of hydrogen-bond acceptors (Lipinski definition) is 7. The van der Waals surface area contributed by atoms with Crippen molar-refractivity contribution in [1.82, 2.24) is 25.1 Å². The van der Waals surface area contributed by atoms with Gasteiger partial charge >= 0.3 is 0 Å². The normalized spacial score (nSPS) is 22.7. The molecule has 0 radical (unpaired) electrons. The molecule has 39 heavy (non-hydrogen) atoms. The monoisotopic (exact) mass is 553 g/mol. The van der Waals surface area contributed by atoms with Gasteiger partial charge in [0.15, 0.2) is 0 Å². The number of nitrogens with zero attached hydrogens (tertiary/aromatic N) is 4. The van der Waals surface area contributed by atoms with Crippen molar-refractivity contribution in [1.29, 1.82) is 0 Å². The molecule has 0 bridgehead atoms. The van der Waals surface area contributed by atoms with E-state index in [-0.39, 0.29) is 28.9 Å². The zero-order valence-electron chi connectivity index (χ0n) is 23.1. The molecule has 1 N–H and O–H groups in total. The number of hydrogen-bond donors (Lipinski definition) is 1. The minimum absolute atomic E-state index is 0.00123. The topological polar surface area (TPSA) is 113 Å². The summed E-state index contributed by atoms with van der Waals surface area (Å²) in [7, 11) is -3.54. The second-order valence-corrected chi connectivity index (χ2v) is 13.5. The Kier molecular flexibility index (Phi) is 8.05. The standard InChI is InChI=1S/C29H39N5O4S/c1-19-26(20(2)31-29(30-19)39(3,37)38)28(36)34-17-23-15-33(16-24(23)18-34)14-13-25(21-9-5-4-6-10-21)32-27(35)22-11-7-8-12-22/h4-6,9-10,22-25H,7-8,11-18H2,1-3H3,(H,32,35)/t23-,24?,25?/m0/s1. The second kappa shape index (κ2) is 11.3. The number of sulfone groups is 1. The van der Waals surface area contributed by atoms with Gasteiger partial charge < -0.3 is 15.1 Å².